The summed E-state index contributed by atoms with van der Waals surface area (Å²) in [7, 11) is 0. The molecule has 0 amide bonds. The zero-order valence-corrected chi connectivity index (χ0v) is 13.8. The van der Waals surface area contributed by atoms with Crippen LogP contribution in [0.15, 0.2) is 4.99 Å². The number of β-amino-alcohol motifs (C(OH)–C–C–N with tert-alkyl or cyclic N) is 1. The van der Waals surface area contributed by atoms with E-state index in [2.05, 4.69) is 28.4 Å². The molecule has 0 aromatic rings. The van der Waals surface area contributed by atoms with Gasteiger partial charge in [-0.15, -0.1) is 24.0 Å². The van der Waals surface area contributed by atoms with Crippen LogP contribution in [0.25, 0.3) is 0 Å². The summed E-state index contributed by atoms with van der Waals surface area (Å²) in [6.07, 6.45) is 3.91. The third-order valence-corrected chi connectivity index (χ3v) is 3.26. The van der Waals surface area contributed by atoms with Crippen LogP contribution in [0.3, 0.4) is 0 Å². The predicted molar refractivity (Wildman–Crippen MR) is 86.6 cm³/mol. The van der Waals surface area contributed by atoms with E-state index in [1.807, 2.05) is 11.8 Å². The SMILES string of the molecule is CCNC(=NCCCSC)N1CC[C@@H](O)C1.I. The molecule has 1 heterocycles. The van der Waals surface area contributed by atoms with Gasteiger partial charge in [0.05, 0.1) is 6.10 Å². The first kappa shape index (κ1) is 17.3. The molecule has 0 bridgehead atoms. The summed E-state index contributed by atoms with van der Waals surface area (Å²) in [5.74, 6) is 2.12. The van der Waals surface area contributed by atoms with E-state index < -0.39 is 0 Å². The van der Waals surface area contributed by atoms with Gasteiger partial charge in [-0.05, 0) is 31.8 Å². The third kappa shape index (κ3) is 6.71. The molecule has 0 unspecified atom stereocenters. The van der Waals surface area contributed by atoms with Gasteiger partial charge in [0.1, 0.15) is 0 Å². The lowest BCUT2D eigenvalue weighted by molar-refractivity contribution is 0.188. The number of rotatable bonds is 5. The Morgan fingerprint density at radius 2 is 2.35 bits per heavy atom. The average molecular weight is 373 g/mol. The number of likely N-dealkylation sites (tertiary alicyclic amines) is 1. The van der Waals surface area contributed by atoms with E-state index in [0.29, 0.717) is 6.54 Å². The van der Waals surface area contributed by atoms with Crippen molar-refractivity contribution in [1.29, 1.82) is 0 Å². The molecule has 1 rings (SSSR count). The second kappa shape index (κ2) is 10.3. The molecule has 0 radical (unpaired) electrons. The highest BCUT2D eigenvalue weighted by atomic mass is 127. The molecule has 0 spiro atoms. The summed E-state index contributed by atoms with van der Waals surface area (Å²) >= 11 is 1.86. The zero-order chi connectivity index (χ0) is 11.8. The molecule has 6 heteroatoms. The number of hydrogen-bond acceptors (Lipinski definition) is 3. The van der Waals surface area contributed by atoms with Gasteiger partial charge in [0.2, 0.25) is 0 Å². The summed E-state index contributed by atoms with van der Waals surface area (Å²) < 4.78 is 0. The fraction of sp³-hybridized carbons (Fsp3) is 0.909. The molecule has 1 aliphatic heterocycles. The lowest BCUT2D eigenvalue weighted by atomic mass is 10.3. The fourth-order valence-electron chi connectivity index (χ4n) is 1.75. The van der Waals surface area contributed by atoms with Crippen molar-refractivity contribution in [1.82, 2.24) is 10.2 Å². The van der Waals surface area contributed by atoms with Gasteiger partial charge in [0.25, 0.3) is 0 Å². The van der Waals surface area contributed by atoms with Gasteiger partial charge in [-0.3, -0.25) is 4.99 Å². The van der Waals surface area contributed by atoms with Crippen LogP contribution in [0.1, 0.15) is 19.8 Å². The van der Waals surface area contributed by atoms with Crippen molar-refractivity contribution in [3.8, 4) is 0 Å². The normalized spacial score (nSPS) is 20.3. The number of nitrogens with zero attached hydrogens (tertiary/aromatic N) is 2. The topological polar surface area (TPSA) is 47.9 Å². The van der Waals surface area contributed by atoms with Crippen molar-refractivity contribution in [3.63, 3.8) is 0 Å². The molecule has 0 aromatic carbocycles. The third-order valence-electron chi connectivity index (χ3n) is 2.57. The van der Waals surface area contributed by atoms with Crippen LogP contribution < -0.4 is 5.32 Å². The van der Waals surface area contributed by atoms with Crippen molar-refractivity contribution in [2.75, 3.05) is 38.2 Å². The molecule has 17 heavy (non-hydrogen) atoms. The second-order valence-electron chi connectivity index (χ2n) is 3.97. The summed E-state index contributed by atoms with van der Waals surface area (Å²) in [6.45, 7) is 5.46. The number of thioether (sulfide) groups is 1. The van der Waals surface area contributed by atoms with E-state index in [-0.39, 0.29) is 30.1 Å². The quantitative estimate of drug-likeness (QED) is 0.331. The number of guanidine groups is 1. The van der Waals surface area contributed by atoms with Crippen LogP contribution in [0.2, 0.25) is 0 Å². The van der Waals surface area contributed by atoms with Gasteiger partial charge >= 0.3 is 0 Å². The molecule has 1 saturated heterocycles. The highest BCUT2D eigenvalue weighted by Gasteiger charge is 2.22. The number of aliphatic imine (C=N–C) groups is 1. The number of aliphatic hydroxyl groups excluding tert-OH is 1. The Bertz CT molecular complexity index is 229. The van der Waals surface area contributed by atoms with Gasteiger partial charge in [-0.25, -0.2) is 0 Å². The number of nitrogens with one attached hydrogen (secondary N) is 1. The van der Waals surface area contributed by atoms with Crippen LogP contribution in [0.4, 0.5) is 0 Å². The standard InChI is InChI=1S/C11H23N3OS.HI/c1-3-12-11(13-6-4-8-16-2)14-7-5-10(15)9-14;/h10,15H,3-9H2,1-2H3,(H,12,13);1H/t10-;/m1./s1. The first-order chi connectivity index (χ1) is 7.77. The first-order valence-electron chi connectivity index (χ1n) is 5.98. The first-order valence-corrected chi connectivity index (χ1v) is 7.37. The van der Waals surface area contributed by atoms with Crippen molar-refractivity contribution in [3.05, 3.63) is 0 Å². The van der Waals surface area contributed by atoms with Gasteiger partial charge in [0.15, 0.2) is 5.96 Å². The van der Waals surface area contributed by atoms with E-state index in [0.717, 1.165) is 44.2 Å². The average Bonchev–Trinajstić information content (AvgIpc) is 2.69. The van der Waals surface area contributed by atoms with Crippen molar-refractivity contribution in [2.24, 2.45) is 4.99 Å². The van der Waals surface area contributed by atoms with Crippen LogP contribution >= 0.6 is 35.7 Å². The molecular weight excluding hydrogens is 349 g/mol. The predicted octanol–water partition coefficient (Wildman–Crippen LogP) is 1.39. The van der Waals surface area contributed by atoms with Crippen molar-refractivity contribution < 1.29 is 5.11 Å². The maximum atomic E-state index is 9.50. The summed E-state index contributed by atoms with van der Waals surface area (Å²) in [4.78, 5) is 6.72. The molecule has 4 nitrogen and oxygen atoms in total. The number of hydrogen-bond donors (Lipinski definition) is 2. The van der Waals surface area contributed by atoms with E-state index in [9.17, 15) is 5.11 Å². The van der Waals surface area contributed by atoms with E-state index >= 15 is 0 Å². The zero-order valence-electron chi connectivity index (χ0n) is 10.7. The van der Waals surface area contributed by atoms with E-state index in [4.69, 9.17) is 0 Å². The molecule has 102 valence electrons. The molecule has 1 atom stereocenters. The molecule has 2 N–H and O–H groups in total. The lowest BCUT2D eigenvalue weighted by Crippen LogP contribution is -2.40. The highest BCUT2D eigenvalue weighted by Crippen LogP contribution is 2.08. The Kier molecular flexibility index (Phi) is 10.4. The Morgan fingerprint density at radius 1 is 1.59 bits per heavy atom. The van der Waals surface area contributed by atoms with Gasteiger partial charge in [0, 0.05) is 26.2 Å². The summed E-state index contributed by atoms with van der Waals surface area (Å²) in [5, 5.41) is 12.8. The molecule has 0 saturated carbocycles. The van der Waals surface area contributed by atoms with Crippen LogP contribution in [-0.2, 0) is 0 Å². The highest BCUT2D eigenvalue weighted by molar-refractivity contribution is 14.0. The van der Waals surface area contributed by atoms with Gasteiger partial charge in [-0.2, -0.15) is 11.8 Å². The van der Waals surface area contributed by atoms with Crippen molar-refractivity contribution >= 4 is 41.7 Å². The fourth-order valence-corrected chi connectivity index (χ4v) is 2.17. The molecule has 1 fully saturated rings. The minimum atomic E-state index is -0.185. The van der Waals surface area contributed by atoms with E-state index in [1.165, 1.54) is 0 Å². The van der Waals surface area contributed by atoms with Gasteiger partial charge < -0.3 is 15.3 Å². The minimum Gasteiger partial charge on any atom is -0.391 e. The van der Waals surface area contributed by atoms with Crippen molar-refractivity contribution in [2.45, 2.75) is 25.9 Å². The second-order valence-corrected chi connectivity index (χ2v) is 4.96. The van der Waals surface area contributed by atoms with Crippen LogP contribution in [0.5, 0.6) is 0 Å². The Morgan fingerprint density at radius 3 is 2.88 bits per heavy atom. The van der Waals surface area contributed by atoms with Gasteiger partial charge in [-0.1, -0.05) is 0 Å². The molecular formula is C11H24IN3OS. The smallest absolute Gasteiger partial charge is 0.194 e. The maximum absolute atomic E-state index is 9.50. The largest absolute Gasteiger partial charge is 0.391 e. The maximum Gasteiger partial charge on any atom is 0.194 e. The number of halogens is 1. The molecule has 0 aromatic heterocycles. The minimum absolute atomic E-state index is 0. The van der Waals surface area contributed by atoms with Crippen LogP contribution in [0, 0.1) is 0 Å². The summed E-state index contributed by atoms with van der Waals surface area (Å²) in [6, 6.07) is 0. The Balaban J connectivity index is 0.00000256. The Hall–Kier alpha value is 0.310. The van der Waals surface area contributed by atoms with E-state index in [1.54, 1.807) is 0 Å². The lowest BCUT2D eigenvalue weighted by Gasteiger charge is -2.20. The monoisotopic (exact) mass is 373 g/mol. The molecule has 1 aliphatic rings. The molecule has 0 aliphatic carbocycles. The number of aliphatic hydroxyl groups is 1. The summed E-state index contributed by atoms with van der Waals surface area (Å²) in [5.41, 5.74) is 0. The van der Waals surface area contributed by atoms with Crippen LogP contribution in [-0.4, -0.2) is 60.3 Å². The Labute approximate surface area is 126 Å².